The van der Waals surface area contributed by atoms with Gasteiger partial charge in [-0.25, -0.2) is 0 Å². The van der Waals surface area contributed by atoms with Crippen LogP contribution in [0.5, 0.6) is 0 Å². The van der Waals surface area contributed by atoms with E-state index >= 15 is 0 Å². The van der Waals surface area contributed by atoms with Gasteiger partial charge >= 0.3 is 0 Å². The van der Waals surface area contributed by atoms with Crippen LogP contribution in [0.1, 0.15) is 74.7 Å². The van der Waals surface area contributed by atoms with Crippen LogP contribution >= 0.6 is 0 Å². The van der Waals surface area contributed by atoms with Gasteiger partial charge in [-0.2, -0.15) is 0 Å². The molecule has 0 radical (unpaired) electrons. The van der Waals surface area contributed by atoms with Crippen LogP contribution in [-0.4, -0.2) is 10.2 Å². The van der Waals surface area contributed by atoms with Crippen molar-refractivity contribution in [2.24, 2.45) is 11.8 Å². The minimum atomic E-state index is -0.233. The Morgan fingerprint density at radius 1 is 0.556 bits per heavy atom. The Morgan fingerprint density at radius 2 is 0.852 bits per heavy atom. The van der Waals surface area contributed by atoms with Gasteiger partial charge in [0.15, 0.2) is 0 Å². The molecule has 0 bridgehead atoms. The first-order chi connectivity index (χ1) is 12.8. The standard InChI is InChI=1S/2C12H16O.Fe/c2*13-12(11-8-4-5-9-11)10-6-2-1-3-7-10;/h2*1-3,6-7,11-13H,4-5,8-9H2;/t2*12-;/m11./s1. The summed E-state index contributed by atoms with van der Waals surface area (Å²) < 4.78 is 0. The van der Waals surface area contributed by atoms with Crippen LogP contribution < -0.4 is 0 Å². The summed E-state index contributed by atoms with van der Waals surface area (Å²) in [7, 11) is 0. The number of benzene rings is 2. The maximum absolute atomic E-state index is 10.0. The van der Waals surface area contributed by atoms with Crippen LogP contribution in [0.25, 0.3) is 0 Å². The second-order valence-corrected chi connectivity index (χ2v) is 7.80. The van der Waals surface area contributed by atoms with Gasteiger partial charge in [-0.3, -0.25) is 0 Å². The van der Waals surface area contributed by atoms with E-state index in [-0.39, 0.29) is 29.3 Å². The Morgan fingerprint density at radius 3 is 1.15 bits per heavy atom. The number of aliphatic hydroxyl groups excluding tert-OH is 2. The minimum Gasteiger partial charge on any atom is -0.388 e. The van der Waals surface area contributed by atoms with Crippen molar-refractivity contribution in [1.29, 1.82) is 0 Å². The molecule has 2 aliphatic carbocycles. The third kappa shape index (κ3) is 6.47. The topological polar surface area (TPSA) is 40.5 Å². The second kappa shape index (κ2) is 11.7. The Hall–Kier alpha value is -1.12. The Balaban J connectivity index is 0.000000187. The molecule has 0 heterocycles. The molecule has 2 aromatic carbocycles. The molecule has 0 aliphatic heterocycles. The average Bonchev–Trinajstić information content (AvgIpc) is 3.43. The Bertz CT molecular complexity index is 562. The molecule has 2 aliphatic rings. The molecule has 2 nitrogen and oxygen atoms in total. The predicted octanol–water partition coefficient (Wildman–Crippen LogP) is 5.82. The van der Waals surface area contributed by atoms with E-state index < -0.39 is 0 Å². The summed E-state index contributed by atoms with van der Waals surface area (Å²) in [5.41, 5.74) is 2.16. The third-order valence-electron chi connectivity index (χ3n) is 5.97. The van der Waals surface area contributed by atoms with Gasteiger partial charge in [0.2, 0.25) is 0 Å². The van der Waals surface area contributed by atoms with Crippen molar-refractivity contribution in [1.82, 2.24) is 0 Å². The number of rotatable bonds is 4. The summed E-state index contributed by atoms with van der Waals surface area (Å²) in [6.07, 6.45) is 9.44. The number of hydrogen-bond acceptors (Lipinski definition) is 2. The Labute approximate surface area is 174 Å². The zero-order chi connectivity index (χ0) is 18.2. The molecule has 0 saturated heterocycles. The summed E-state index contributed by atoms with van der Waals surface area (Å²) in [5, 5.41) is 20.0. The monoisotopic (exact) mass is 408 g/mol. The molecule has 0 aromatic heterocycles. The van der Waals surface area contributed by atoms with E-state index in [2.05, 4.69) is 0 Å². The van der Waals surface area contributed by atoms with Crippen molar-refractivity contribution in [2.45, 2.75) is 63.6 Å². The van der Waals surface area contributed by atoms with E-state index in [4.69, 9.17) is 0 Å². The van der Waals surface area contributed by atoms with Crippen molar-refractivity contribution in [3.8, 4) is 0 Å². The molecule has 27 heavy (non-hydrogen) atoms. The molecule has 2 N–H and O–H groups in total. The largest absolute Gasteiger partial charge is 0.388 e. The molecular weight excluding hydrogens is 376 g/mol. The number of aliphatic hydroxyl groups is 2. The molecule has 2 saturated carbocycles. The SMILES string of the molecule is O[C@H](c1ccccc1)C1CCCC1.O[C@H](c1ccccc1)C1CCCC1.[Fe]. The molecule has 2 fully saturated rings. The molecule has 148 valence electrons. The van der Waals surface area contributed by atoms with Gasteiger partial charge in [-0.1, -0.05) is 86.3 Å². The van der Waals surface area contributed by atoms with Crippen LogP contribution in [0, 0.1) is 11.8 Å². The van der Waals surface area contributed by atoms with Crippen LogP contribution in [0.2, 0.25) is 0 Å². The van der Waals surface area contributed by atoms with E-state index in [0.29, 0.717) is 11.8 Å². The van der Waals surface area contributed by atoms with Gasteiger partial charge in [-0.05, 0) is 48.6 Å². The quantitative estimate of drug-likeness (QED) is 0.626. The van der Waals surface area contributed by atoms with Crippen molar-refractivity contribution in [3.05, 3.63) is 71.8 Å². The Kier molecular flexibility index (Phi) is 9.58. The van der Waals surface area contributed by atoms with Crippen LogP contribution in [-0.2, 0) is 17.1 Å². The summed E-state index contributed by atoms with van der Waals surface area (Å²) in [5.74, 6) is 1.00. The van der Waals surface area contributed by atoms with Crippen molar-refractivity contribution in [3.63, 3.8) is 0 Å². The fourth-order valence-corrected chi connectivity index (χ4v) is 4.39. The van der Waals surface area contributed by atoms with E-state index in [1.165, 1.54) is 51.4 Å². The third-order valence-corrected chi connectivity index (χ3v) is 5.97. The van der Waals surface area contributed by atoms with Crippen molar-refractivity contribution < 1.29 is 27.3 Å². The molecule has 2 aromatic rings. The van der Waals surface area contributed by atoms with E-state index in [9.17, 15) is 10.2 Å². The van der Waals surface area contributed by atoms with Crippen LogP contribution in [0.15, 0.2) is 60.7 Å². The number of hydrogen-bond donors (Lipinski definition) is 2. The van der Waals surface area contributed by atoms with Gasteiger partial charge in [0, 0.05) is 17.1 Å². The van der Waals surface area contributed by atoms with Crippen molar-refractivity contribution >= 4 is 0 Å². The van der Waals surface area contributed by atoms with E-state index in [0.717, 1.165) is 11.1 Å². The molecule has 0 unspecified atom stereocenters. The maximum atomic E-state index is 10.0. The van der Waals surface area contributed by atoms with E-state index in [1.807, 2.05) is 60.7 Å². The average molecular weight is 408 g/mol. The minimum absolute atomic E-state index is 0. The summed E-state index contributed by atoms with van der Waals surface area (Å²) >= 11 is 0. The predicted molar refractivity (Wildman–Crippen MR) is 107 cm³/mol. The smallest absolute Gasteiger partial charge is 0.0818 e. The van der Waals surface area contributed by atoms with Crippen molar-refractivity contribution in [2.75, 3.05) is 0 Å². The second-order valence-electron chi connectivity index (χ2n) is 7.80. The molecular formula is C24H32FeO2. The van der Waals surface area contributed by atoms with Crippen LogP contribution in [0.3, 0.4) is 0 Å². The normalized spacial score (nSPS) is 19.6. The molecule has 0 amide bonds. The zero-order valence-electron chi connectivity index (χ0n) is 16.0. The van der Waals surface area contributed by atoms with Crippen LogP contribution in [0.4, 0.5) is 0 Å². The first-order valence-electron chi connectivity index (χ1n) is 10.2. The summed E-state index contributed by atoms with van der Waals surface area (Å²) in [6.45, 7) is 0. The fraction of sp³-hybridized carbons (Fsp3) is 0.500. The molecule has 0 spiro atoms. The van der Waals surface area contributed by atoms with E-state index in [1.54, 1.807) is 0 Å². The van der Waals surface area contributed by atoms with Gasteiger partial charge in [-0.15, -0.1) is 0 Å². The van der Waals surface area contributed by atoms with Gasteiger partial charge in [0.25, 0.3) is 0 Å². The van der Waals surface area contributed by atoms with Gasteiger partial charge in [0.05, 0.1) is 12.2 Å². The summed E-state index contributed by atoms with van der Waals surface area (Å²) in [4.78, 5) is 0. The van der Waals surface area contributed by atoms with Gasteiger partial charge < -0.3 is 10.2 Å². The molecule has 4 rings (SSSR count). The molecule has 3 heteroatoms. The van der Waals surface area contributed by atoms with Gasteiger partial charge in [0.1, 0.15) is 0 Å². The first-order valence-corrected chi connectivity index (χ1v) is 10.2. The zero-order valence-corrected chi connectivity index (χ0v) is 17.1. The summed E-state index contributed by atoms with van der Waals surface area (Å²) in [6, 6.07) is 20.0. The first kappa shape index (κ1) is 22.2. The molecule has 2 atom stereocenters. The maximum Gasteiger partial charge on any atom is 0.0818 e. The fourth-order valence-electron chi connectivity index (χ4n) is 4.39.